The molecule has 17 heavy (non-hydrogen) atoms. The summed E-state index contributed by atoms with van der Waals surface area (Å²) in [5.41, 5.74) is 0.801. The summed E-state index contributed by atoms with van der Waals surface area (Å²) in [6.45, 7) is 2.36. The van der Waals surface area contributed by atoms with E-state index in [0.29, 0.717) is 12.3 Å². The Kier molecular flexibility index (Phi) is 3.63. The van der Waals surface area contributed by atoms with Crippen LogP contribution in [0.4, 0.5) is 4.79 Å². The summed E-state index contributed by atoms with van der Waals surface area (Å²) in [7, 11) is 0. The van der Waals surface area contributed by atoms with Crippen LogP contribution in [0, 0.1) is 6.92 Å². The normalized spacial score (nSPS) is 19.6. The molecule has 1 atom stereocenters. The Hall–Kier alpha value is -1.56. The van der Waals surface area contributed by atoms with Crippen LogP contribution >= 0.6 is 0 Å². The van der Waals surface area contributed by atoms with Crippen molar-refractivity contribution in [3.8, 4) is 0 Å². The molecule has 0 aliphatic carbocycles. The number of likely N-dealkylation sites (tertiary alicyclic amines) is 1. The third kappa shape index (κ3) is 2.58. The summed E-state index contributed by atoms with van der Waals surface area (Å²) in [5, 5.41) is 12.4. The van der Waals surface area contributed by atoms with Crippen molar-refractivity contribution in [2.75, 3.05) is 19.8 Å². The van der Waals surface area contributed by atoms with E-state index >= 15 is 0 Å². The largest absolute Gasteiger partial charge is 0.447 e. The van der Waals surface area contributed by atoms with Gasteiger partial charge in [0.2, 0.25) is 0 Å². The summed E-state index contributed by atoms with van der Waals surface area (Å²) in [6, 6.07) is 1.74. The third-order valence-corrected chi connectivity index (χ3v) is 2.78. The van der Waals surface area contributed by atoms with Gasteiger partial charge in [-0.15, -0.1) is 0 Å². The predicted octanol–water partition coefficient (Wildman–Crippen LogP) is 1.25. The first-order valence-electron chi connectivity index (χ1n) is 5.70. The maximum Gasteiger partial charge on any atom is 0.410 e. The van der Waals surface area contributed by atoms with E-state index in [2.05, 4.69) is 5.16 Å². The Morgan fingerprint density at radius 1 is 1.76 bits per heavy atom. The molecular weight excluding hydrogens is 224 g/mol. The molecule has 0 spiro atoms. The second-order valence-corrected chi connectivity index (χ2v) is 4.06. The minimum Gasteiger partial charge on any atom is -0.447 e. The van der Waals surface area contributed by atoms with Crippen LogP contribution in [0.5, 0.6) is 0 Å². The van der Waals surface area contributed by atoms with Crippen molar-refractivity contribution < 1.29 is 19.2 Å². The van der Waals surface area contributed by atoms with Gasteiger partial charge in [0.25, 0.3) is 0 Å². The molecule has 1 aromatic rings. The number of aliphatic hydroxyl groups excluding tert-OH is 1. The lowest BCUT2D eigenvalue weighted by Gasteiger charge is -2.21. The second kappa shape index (κ2) is 5.18. The Morgan fingerprint density at radius 3 is 3.24 bits per heavy atom. The van der Waals surface area contributed by atoms with E-state index in [9.17, 15) is 4.79 Å². The molecule has 1 fully saturated rings. The van der Waals surface area contributed by atoms with E-state index < -0.39 is 6.09 Å². The number of aryl methyl sites for hydroxylation is 1. The van der Waals surface area contributed by atoms with E-state index in [4.69, 9.17) is 14.4 Å². The van der Waals surface area contributed by atoms with E-state index in [-0.39, 0.29) is 19.3 Å². The van der Waals surface area contributed by atoms with Crippen molar-refractivity contribution in [3.63, 3.8) is 0 Å². The average Bonchev–Trinajstić information content (AvgIpc) is 2.93. The monoisotopic (exact) mass is 240 g/mol. The van der Waals surface area contributed by atoms with Crippen LogP contribution in [0.2, 0.25) is 0 Å². The molecule has 1 unspecified atom stereocenters. The minimum atomic E-state index is -0.407. The zero-order chi connectivity index (χ0) is 12.3. The average molecular weight is 240 g/mol. The number of hydrogen-bond donors (Lipinski definition) is 1. The first-order chi connectivity index (χ1) is 8.22. The summed E-state index contributed by atoms with van der Waals surface area (Å²) in [6.07, 6.45) is 1.36. The van der Waals surface area contributed by atoms with Gasteiger partial charge in [-0.25, -0.2) is 4.79 Å². The van der Waals surface area contributed by atoms with Crippen molar-refractivity contribution in [1.82, 2.24) is 10.1 Å². The summed E-state index contributed by atoms with van der Waals surface area (Å²) in [5.74, 6) is 0.695. The number of aliphatic hydroxyl groups is 1. The fraction of sp³-hybridized carbons (Fsp3) is 0.636. The van der Waals surface area contributed by atoms with Gasteiger partial charge in [0, 0.05) is 12.6 Å². The molecule has 2 heterocycles. The van der Waals surface area contributed by atoms with E-state index in [1.807, 2.05) is 13.0 Å². The van der Waals surface area contributed by atoms with Gasteiger partial charge < -0.3 is 14.4 Å². The van der Waals surface area contributed by atoms with Crippen molar-refractivity contribution in [1.29, 1.82) is 0 Å². The highest BCUT2D eigenvalue weighted by atomic mass is 16.6. The molecule has 6 nitrogen and oxygen atoms in total. The van der Waals surface area contributed by atoms with Crippen LogP contribution in [-0.4, -0.2) is 41.0 Å². The minimum absolute atomic E-state index is 0.0253. The van der Waals surface area contributed by atoms with Gasteiger partial charge in [0.15, 0.2) is 5.76 Å². The molecule has 1 aliphatic heterocycles. The Morgan fingerprint density at radius 2 is 2.59 bits per heavy atom. The summed E-state index contributed by atoms with van der Waals surface area (Å²) in [4.78, 5) is 13.3. The van der Waals surface area contributed by atoms with Crippen LogP contribution in [0.15, 0.2) is 10.6 Å². The fourth-order valence-corrected chi connectivity index (χ4v) is 2.04. The molecule has 0 radical (unpaired) electrons. The molecule has 0 bridgehead atoms. The standard InChI is InChI=1S/C11H16N2O4/c1-8-7-10(17-12-8)9-3-2-4-13(9)11(15)16-6-5-14/h7,9,14H,2-6H2,1H3. The Bertz CT molecular complexity index is 391. The van der Waals surface area contributed by atoms with Crippen molar-refractivity contribution in [2.45, 2.75) is 25.8 Å². The molecule has 0 aromatic carbocycles. The first kappa shape index (κ1) is 11.9. The van der Waals surface area contributed by atoms with Gasteiger partial charge in [0.1, 0.15) is 6.61 Å². The maximum atomic E-state index is 11.7. The molecule has 0 saturated carbocycles. The number of hydrogen-bond acceptors (Lipinski definition) is 5. The Labute approximate surface area is 99.1 Å². The number of carbonyl (C=O) groups excluding carboxylic acids is 1. The third-order valence-electron chi connectivity index (χ3n) is 2.78. The number of aromatic nitrogens is 1. The Balaban J connectivity index is 2.04. The highest BCUT2D eigenvalue weighted by Crippen LogP contribution is 2.32. The molecule has 1 aromatic heterocycles. The van der Waals surface area contributed by atoms with Gasteiger partial charge in [-0.3, -0.25) is 4.90 Å². The smallest absolute Gasteiger partial charge is 0.410 e. The van der Waals surface area contributed by atoms with E-state index in [0.717, 1.165) is 18.5 Å². The molecule has 6 heteroatoms. The van der Waals surface area contributed by atoms with Crippen molar-refractivity contribution >= 4 is 6.09 Å². The fourth-order valence-electron chi connectivity index (χ4n) is 2.04. The SMILES string of the molecule is Cc1cc(C2CCCN2C(=O)OCCO)on1. The lowest BCUT2D eigenvalue weighted by molar-refractivity contribution is 0.0771. The predicted molar refractivity (Wildman–Crippen MR) is 58.4 cm³/mol. The van der Waals surface area contributed by atoms with Crippen LogP contribution < -0.4 is 0 Å². The van der Waals surface area contributed by atoms with Gasteiger partial charge in [0.05, 0.1) is 18.3 Å². The van der Waals surface area contributed by atoms with Gasteiger partial charge in [-0.1, -0.05) is 5.16 Å². The number of carbonyl (C=O) groups is 1. The van der Waals surface area contributed by atoms with Crippen molar-refractivity contribution in [3.05, 3.63) is 17.5 Å². The zero-order valence-corrected chi connectivity index (χ0v) is 9.76. The number of ether oxygens (including phenoxy) is 1. The highest BCUT2D eigenvalue weighted by molar-refractivity contribution is 5.68. The molecule has 1 aliphatic rings. The lowest BCUT2D eigenvalue weighted by Crippen LogP contribution is -2.31. The molecule has 94 valence electrons. The van der Waals surface area contributed by atoms with Crippen LogP contribution in [0.1, 0.15) is 30.3 Å². The zero-order valence-electron chi connectivity index (χ0n) is 9.76. The first-order valence-corrected chi connectivity index (χ1v) is 5.70. The molecule has 1 amide bonds. The van der Waals surface area contributed by atoms with E-state index in [1.54, 1.807) is 4.90 Å². The molecular formula is C11H16N2O4. The number of nitrogens with zero attached hydrogens (tertiary/aromatic N) is 2. The van der Waals surface area contributed by atoms with Crippen LogP contribution in [0.3, 0.4) is 0 Å². The van der Waals surface area contributed by atoms with Crippen LogP contribution in [-0.2, 0) is 4.74 Å². The molecule has 1 N–H and O–H groups in total. The number of rotatable bonds is 3. The second-order valence-electron chi connectivity index (χ2n) is 4.06. The maximum absolute atomic E-state index is 11.7. The van der Waals surface area contributed by atoms with Gasteiger partial charge >= 0.3 is 6.09 Å². The quantitative estimate of drug-likeness (QED) is 0.860. The van der Waals surface area contributed by atoms with Gasteiger partial charge in [-0.05, 0) is 19.8 Å². The summed E-state index contributed by atoms with van der Waals surface area (Å²) < 4.78 is 10.1. The topological polar surface area (TPSA) is 75.8 Å². The summed E-state index contributed by atoms with van der Waals surface area (Å²) >= 11 is 0. The highest BCUT2D eigenvalue weighted by Gasteiger charge is 2.33. The number of amides is 1. The lowest BCUT2D eigenvalue weighted by atomic mass is 10.1. The molecule has 2 rings (SSSR count). The van der Waals surface area contributed by atoms with Gasteiger partial charge in [-0.2, -0.15) is 0 Å². The van der Waals surface area contributed by atoms with Crippen molar-refractivity contribution in [2.24, 2.45) is 0 Å². The van der Waals surface area contributed by atoms with Crippen LogP contribution in [0.25, 0.3) is 0 Å². The van der Waals surface area contributed by atoms with E-state index in [1.165, 1.54) is 0 Å². The molecule has 1 saturated heterocycles.